The molecular formula is C20H23N3O3S2. The van der Waals surface area contributed by atoms with Crippen LogP contribution in [0, 0.1) is 11.3 Å². The lowest BCUT2D eigenvalue weighted by atomic mass is 10.1. The van der Waals surface area contributed by atoms with E-state index < -0.39 is 10.0 Å². The first-order chi connectivity index (χ1) is 13.5. The number of nitriles is 1. The Morgan fingerprint density at radius 1 is 1.11 bits per heavy atom. The van der Waals surface area contributed by atoms with Gasteiger partial charge in [-0.15, -0.1) is 11.3 Å². The van der Waals surface area contributed by atoms with Gasteiger partial charge in [-0.05, 0) is 48.4 Å². The highest BCUT2D eigenvalue weighted by molar-refractivity contribution is 7.89. The molecular weight excluding hydrogens is 394 g/mol. The van der Waals surface area contributed by atoms with Gasteiger partial charge in [-0.3, -0.25) is 4.79 Å². The maximum absolute atomic E-state index is 12.8. The van der Waals surface area contributed by atoms with E-state index in [0.717, 1.165) is 31.2 Å². The number of sulfonamides is 1. The van der Waals surface area contributed by atoms with Gasteiger partial charge in [0, 0.05) is 19.5 Å². The number of hydrogen-bond acceptors (Lipinski definition) is 5. The summed E-state index contributed by atoms with van der Waals surface area (Å²) in [5.41, 5.74) is 1.36. The second-order valence-electron chi connectivity index (χ2n) is 6.79. The van der Waals surface area contributed by atoms with Crippen molar-refractivity contribution in [3.63, 3.8) is 0 Å². The Morgan fingerprint density at radius 3 is 2.43 bits per heavy atom. The molecule has 1 saturated heterocycles. The first kappa shape index (κ1) is 20.5. The smallest absolute Gasteiger partial charge is 0.243 e. The molecule has 2 heterocycles. The van der Waals surface area contributed by atoms with Gasteiger partial charge >= 0.3 is 0 Å². The van der Waals surface area contributed by atoms with Crippen molar-refractivity contribution in [3.8, 4) is 6.07 Å². The van der Waals surface area contributed by atoms with Gasteiger partial charge < -0.3 is 5.32 Å². The van der Waals surface area contributed by atoms with Crippen molar-refractivity contribution in [2.75, 3.05) is 18.4 Å². The molecule has 8 heteroatoms. The standard InChI is InChI=1S/C20H23N3O3S2/c21-15-17-11-14-27-20(17)22-19(24)10-7-16-5-8-18(9-6-16)28(25,26)23-12-3-1-2-4-13-23/h5-6,8-9,11,14H,1-4,7,10,12-13H2,(H,22,24). The minimum Gasteiger partial charge on any atom is -0.317 e. The molecule has 148 valence electrons. The second-order valence-corrected chi connectivity index (χ2v) is 9.64. The topological polar surface area (TPSA) is 90.3 Å². The number of aryl methyl sites for hydroxylation is 1. The minimum atomic E-state index is -3.45. The quantitative estimate of drug-likeness (QED) is 0.775. The van der Waals surface area contributed by atoms with Gasteiger partial charge in [0.05, 0.1) is 10.5 Å². The molecule has 0 bridgehead atoms. The Kier molecular flexibility index (Phi) is 6.83. The summed E-state index contributed by atoms with van der Waals surface area (Å²) in [4.78, 5) is 12.4. The lowest BCUT2D eigenvalue weighted by molar-refractivity contribution is -0.116. The van der Waals surface area contributed by atoms with Gasteiger partial charge in [-0.1, -0.05) is 25.0 Å². The highest BCUT2D eigenvalue weighted by Gasteiger charge is 2.24. The fraction of sp³-hybridized carbons (Fsp3) is 0.400. The number of nitrogens with one attached hydrogen (secondary N) is 1. The van der Waals surface area contributed by atoms with E-state index in [4.69, 9.17) is 5.26 Å². The van der Waals surface area contributed by atoms with Crippen molar-refractivity contribution in [2.45, 2.75) is 43.4 Å². The van der Waals surface area contributed by atoms with Crippen molar-refractivity contribution >= 4 is 32.3 Å². The maximum Gasteiger partial charge on any atom is 0.243 e. The van der Waals surface area contributed by atoms with Gasteiger partial charge in [-0.2, -0.15) is 9.57 Å². The number of nitrogens with zero attached hydrogens (tertiary/aromatic N) is 2. The molecule has 0 saturated carbocycles. The van der Waals surface area contributed by atoms with E-state index in [9.17, 15) is 13.2 Å². The summed E-state index contributed by atoms with van der Waals surface area (Å²) in [5.74, 6) is -0.166. The molecule has 1 N–H and O–H groups in total. The van der Waals surface area contributed by atoms with Crippen LogP contribution in [0.4, 0.5) is 5.00 Å². The minimum absolute atomic E-state index is 0.166. The number of rotatable bonds is 6. The molecule has 1 fully saturated rings. The molecule has 3 rings (SSSR count). The number of benzene rings is 1. The van der Waals surface area contributed by atoms with Crippen molar-refractivity contribution in [2.24, 2.45) is 0 Å². The van der Waals surface area contributed by atoms with E-state index in [-0.39, 0.29) is 12.3 Å². The van der Waals surface area contributed by atoms with Crippen LogP contribution in [0.1, 0.15) is 43.2 Å². The number of carbonyl (C=O) groups excluding carboxylic acids is 1. The monoisotopic (exact) mass is 417 g/mol. The molecule has 1 aromatic heterocycles. The van der Waals surface area contributed by atoms with Crippen molar-refractivity contribution in [1.82, 2.24) is 4.31 Å². The summed E-state index contributed by atoms with van der Waals surface area (Å²) in [6, 6.07) is 10.5. The Labute approximate surface area is 169 Å². The molecule has 0 aliphatic carbocycles. The summed E-state index contributed by atoms with van der Waals surface area (Å²) in [7, 11) is -3.45. The van der Waals surface area contributed by atoms with E-state index in [1.54, 1.807) is 40.0 Å². The molecule has 1 aliphatic rings. The van der Waals surface area contributed by atoms with Gasteiger partial charge in [0.1, 0.15) is 11.1 Å². The zero-order valence-electron chi connectivity index (χ0n) is 15.6. The summed E-state index contributed by atoms with van der Waals surface area (Å²) in [6.45, 7) is 1.16. The molecule has 1 aromatic carbocycles. The second kappa shape index (κ2) is 9.32. The molecule has 0 atom stereocenters. The van der Waals surface area contributed by atoms with E-state index in [1.807, 2.05) is 6.07 Å². The molecule has 1 amide bonds. The molecule has 1 aliphatic heterocycles. The van der Waals surface area contributed by atoms with Crippen LogP contribution in [0.5, 0.6) is 0 Å². The maximum atomic E-state index is 12.8. The van der Waals surface area contributed by atoms with E-state index in [2.05, 4.69) is 5.32 Å². The number of hydrogen-bond donors (Lipinski definition) is 1. The predicted molar refractivity (Wildman–Crippen MR) is 110 cm³/mol. The number of amides is 1. The van der Waals surface area contributed by atoms with E-state index in [1.165, 1.54) is 11.3 Å². The highest BCUT2D eigenvalue weighted by Crippen LogP contribution is 2.23. The summed E-state index contributed by atoms with van der Waals surface area (Å²) in [6.07, 6.45) is 4.74. The van der Waals surface area contributed by atoms with Gasteiger partial charge in [0.15, 0.2) is 0 Å². The molecule has 0 spiro atoms. The fourth-order valence-corrected chi connectivity index (χ4v) is 5.47. The van der Waals surface area contributed by atoms with Gasteiger partial charge in [0.25, 0.3) is 0 Å². The fourth-order valence-electron chi connectivity index (χ4n) is 3.20. The normalized spacial score (nSPS) is 15.5. The average Bonchev–Trinajstić information content (AvgIpc) is 2.96. The Bertz CT molecular complexity index is 951. The zero-order valence-corrected chi connectivity index (χ0v) is 17.2. The first-order valence-corrected chi connectivity index (χ1v) is 11.7. The average molecular weight is 418 g/mol. The lowest BCUT2D eigenvalue weighted by Crippen LogP contribution is -2.31. The third-order valence-electron chi connectivity index (χ3n) is 4.81. The summed E-state index contributed by atoms with van der Waals surface area (Å²) in [5, 5.41) is 14.1. The third-order valence-corrected chi connectivity index (χ3v) is 7.55. The summed E-state index contributed by atoms with van der Waals surface area (Å²) >= 11 is 1.32. The third kappa shape index (κ3) is 4.98. The van der Waals surface area contributed by atoms with Crippen LogP contribution in [0.3, 0.4) is 0 Å². The van der Waals surface area contributed by atoms with Crippen molar-refractivity contribution in [1.29, 1.82) is 5.26 Å². The number of anilines is 1. The SMILES string of the molecule is N#Cc1ccsc1NC(=O)CCc1ccc(S(=O)(=O)N2CCCCCC2)cc1. The van der Waals surface area contributed by atoms with Gasteiger partial charge in [0.2, 0.25) is 15.9 Å². The van der Waals surface area contributed by atoms with Crippen LogP contribution in [-0.4, -0.2) is 31.7 Å². The molecule has 6 nitrogen and oxygen atoms in total. The number of carbonyl (C=O) groups is 1. The molecule has 0 unspecified atom stereocenters. The van der Waals surface area contributed by atoms with Crippen LogP contribution < -0.4 is 5.32 Å². The lowest BCUT2D eigenvalue weighted by Gasteiger charge is -2.20. The Balaban J connectivity index is 1.58. The van der Waals surface area contributed by atoms with Gasteiger partial charge in [-0.25, -0.2) is 8.42 Å². The van der Waals surface area contributed by atoms with Crippen molar-refractivity contribution in [3.05, 3.63) is 46.8 Å². The van der Waals surface area contributed by atoms with E-state index in [0.29, 0.717) is 35.0 Å². The summed E-state index contributed by atoms with van der Waals surface area (Å²) < 4.78 is 27.2. The van der Waals surface area contributed by atoms with Crippen LogP contribution in [-0.2, 0) is 21.2 Å². The van der Waals surface area contributed by atoms with E-state index >= 15 is 0 Å². The van der Waals surface area contributed by atoms with Crippen LogP contribution in [0.15, 0.2) is 40.6 Å². The molecule has 0 radical (unpaired) electrons. The highest BCUT2D eigenvalue weighted by atomic mass is 32.2. The first-order valence-electron chi connectivity index (χ1n) is 9.37. The number of thiophene rings is 1. The van der Waals surface area contributed by atoms with Crippen molar-refractivity contribution < 1.29 is 13.2 Å². The Hall–Kier alpha value is -2.21. The Morgan fingerprint density at radius 2 is 1.79 bits per heavy atom. The van der Waals surface area contributed by atoms with Crippen LogP contribution >= 0.6 is 11.3 Å². The molecule has 28 heavy (non-hydrogen) atoms. The zero-order chi connectivity index (χ0) is 20.0. The predicted octanol–water partition coefficient (Wildman–Crippen LogP) is 3.76. The molecule has 2 aromatic rings. The van der Waals surface area contributed by atoms with Crippen LogP contribution in [0.25, 0.3) is 0 Å². The largest absolute Gasteiger partial charge is 0.317 e. The van der Waals surface area contributed by atoms with Crippen LogP contribution in [0.2, 0.25) is 0 Å².